The van der Waals surface area contributed by atoms with Gasteiger partial charge in [0.05, 0.1) is 0 Å². The molecule has 0 spiro atoms. The fraction of sp³-hybridized carbons (Fsp3) is 0.444. The molecule has 0 aliphatic heterocycles. The molecule has 3 nitrogen and oxygen atoms in total. The zero-order chi connectivity index (χ0) is 14.7. The van der Waals surface area contributed by atoms with Crippen molar-refractivity contribution in [1.29, 1.82) is 0 Å². The van der Waals surface area contributed by atoms with Crippen LogP contribution in [0.1, 0.15) is 55.0 Å². The van der Waals surface area contributed by atoms with Gasteiger partial charge in [-0.25, -0.2) is 0 Å². The third-order valence-electron chi connectivity index (χ3n) is 4.50. The van der Waals surface area contributed by atoms with Crippen molar-refractivity contribution in [3.05, 3.63) is 63.8 Å². The molecule has 1 saturated carbocycles. The van der Waals surface area contributed by atoms with Crippen molar-refractivity contribution in [3.63, 3.8) is 0 Å². The molecule has 1 atom stereocenters. The zero-order valence-corrected chi connectivity index (χ0v) is 12.5. The standard InChI is InChI=1S/C18H22N2O/c1-13-10-11-15(19-12-13)18(14-6-3-2-4-7-14)16-8-5-9-17(21)20-16/h5,8-12,14,18H,2-4,6-7H2,1H3,(H,20,21). The zero-order valence-electron chi connectivity index (χ0n) is 12.5. The largest absolute Gasteiger partial charge is 0.326 e. The van der Waals surface area contributed by atoms with E-state index in [-0.39, 0.29) is 11.5 Å². The molecule has 3 rings (SSSR count). The van der Waals surface area contributed by atoms with E-state index >= 15 is 0 Å². The molecule has 3 heteroatoms. The quantitative estimate of drug-likeness (QED) is 0.931. The lowest BCUT2D eigenvalue weighted by molar-refractivity contribution is 0.321. The van der Waals surface area contributed by atoms with Crippen molar-refractivity contribution >= 4 is 0 Å². The topological polar surface area (TPSA) is 45.8 Å². The highest BCUT2D eigenvalue weighted by Crippen LogP contribution is 2.38. The van der Waals surface area contributed by atoms with Crippen molar-refractivity contribution < 1.29 is 0 Å². The predicted octanol–water partition coefficient (Wildman–Crippen LogP) is 3.79. The fourth-order valence-corrected chi connectivity index (χ4v) is 3.43. The number of rotatable bonds is 3. The number of hydrogen-bond donors (Lipinski definition) is 1. The minimum Gasteiger partial charge on any atom is -0.326 e. The van der Waals surface area contributed by atoms with E-state index in [1.807, 2.05) is 18.3 Å². The number of hydrogen-bond acceptors (Lipinski definition) is 2. The van der Waals surface area contributed by atoms with Gasteiger partial charge < -0.3 is 4.98 Å². The van der Waals surface area contributed by atoms with Crippen molar-refractivity contribution in [2.24, 2.45) is 5.92 Å². The summed E-state index contributed by atoms with van der Waals surface area (Å²) < 4.78 is 0. The van der Waals surface area contributed by atoms with Crippen LogP contribution in [0, 0.1) is 12.8 Å². The Labute approximate surface area is 125 Å². The average molecular weight is 282 g/mol. The molecular weight excluding hydrogens is 260 g/mol. The summed E-state index contributed by atoms with van der Waals surface area (Å²) in [6.07, 6.45) is 8.25. The summed E-state index contributed by atoms with van der Waals surface area (Å²) in [5, 5.41) is 0. The molecule has 0 aromatic carbocycles. The first-order chi connectivity index (χ1) is 10.2. The molecule has 2 heterocycles. The number of nitrogens with zero attached hydrogens (tertiary/aromatic N) is 1. The van der Waals surface area contributed by atoms with Crippen LogP contribution in [-0.2, 0) is 0 Å². The SMILES string of the molecule is Cc1ccc(C(c2cccc(=O)[nH]2)C2CCCCC2)nc1. The van der Waals surface area contributed by atoms with Gasteiger partial charge in [-0.3, -0.25) is 9.78 Å². The van der Waals surface area contributed by atoms with Gasteiger partial charge in [-0.1, -0.05) is 31.4 Å². The molecule has 0 bridgehead atoms. The van der Waals surface area contributed by atoms with Crippen LogP contribution in [0.3, 0.4) is 0 Å². The molecule has 1 unspecified atom stereocenters. The molecule has 0 amide bonds. The van der Waals surface area contributed by atoms with Gasteiger partial charge in [-0.05, 0) is 43.4 Å². The van der Waals surface area contributed by atoms with E-state index < -0.39 is 0 Å². The van der Waals surface area contributed by atoms with E-state index in [1.165, 1.54) is 37.7 Å². The molecule has 1 aliphatic rings. The Kier molecular flexibility index (Phi) is 4.18. The Bertz CT molecular complexity index is 639. The molecule has 1 fully saturated rings. The molecule has 0 saturated heterocycles. The minimum absolute atomic E-state index is 0.0274. The maximum Gasteiger partial charge on any atom is 0.248 e. The highest BCUT2D eigenvalue weighted by molar-refractivity contribution is 5.26. The van der Waals surface area contributed by atoms with E-state index in [4.69, 9.17) is 0 Å². The summed E-state index contributed by atoms with van der Waals surface area (Å²) in [7, 11) is 0. The van der Waals surface area contributed by atoms with Crippen LogP contribution in [0.5, 0.6) is 0 Å². The first kappa shape index (κ1) is 14.1. The summed E-state index contributed by atoms with van der Waals surface area (Å²) >= 11 is 0. The summed E-state index contributed by atoms with van der Waals surface area (Å²) in [5.41, 5.74) is 3.23. The lowest BCUT2D eigenvalue weighted by atomic mass is 9.76. The van der Waals surface area contributed by atoms with Crippen LogP contribution in [0.25, 0.3) is 0 Å². The molecule has 1 aliphatic carbocycles. The van der Waals surface area contributed by atoms with Crippen LogP contribution in [0.15, 0.2) is 41.3 Å². The monoisotopic (exact) mass is 282 g/mol. The van der Waals surface area contributed by atoms with Crippen molar-refractivity contribution in [3.8, 4) is 0 Å². The third-order valence-corrected chi connectivity index (χ3v) is 4.50. The molecule has 2 aromatic heterocycles. The van der Waals surface area contributed by atoms with Crippen LogP contribution >= 0.6 is 0 Å². The Morgan fingerprint density at radius 2 is 1.95 bits per heavy atom. The Balaban J connectivity index is 2.01. The Morgan fingerprint density at radius 1 is 1.14 bits per heavy atom. The first-order valence-corrected chi connectivity index (χ1v) is 7.86. The molecule has 0 radical (unpaired) electrons. The van der Waals surface area contributed by atoms with Gasteiger partial charge in [-0.15, -0.1) is 0 Å². The lowest BCUT2D eigenvalue weighted by Gasteiger charge is -2.30. The summed E-state index contributed by atoms with van der Waals surface area (Å²) in [4.78, 5) is 19.3. The predicted molar refractivity (Wildman–Crippen MR) is 84.5 cm³/mol. The number of aromatic amines is 1. The van der Waals surface area contributed by atoms with Crippen LogP contribution in [0.2, 0.25) is 0 Å². The number of pyridine rings is 2. The molecule has 1 N–H and O–H groups in total. The second-order valence-electron chi connectivity index (χ2n) is 6.11. The normalized spacial score (nSPS) is 17.6. The van der Waals surface area contributed by atoms with Gasteiger partial charge in [0.15, 0.2) is 0 Å². The minimum atomic E-state index is -0.0274. The van der Waals surface area contributed by atoms with Crippen LogP contribution in [-0.4, -0.2) is 9.97 Å². The van der Waals surface area contributed by atoms with E-state index in [0.29, 0.717) is 5.92 Å². The van der Waals surface area contributed by atoms with E-state index in [2.05, 4.69) is 29.0 Å². The Morgan fingerprint density at radius 3 is 2.62 bits per heavy atom. The molecule has 110 valence electrons. The van der Waals surface area contributed by atoms with E-state index in [9.17, 15) is 4.79 Å². The van der Waals surface area contributed by atoms with Gasteiger partial charge in [0.2, 0.25) is 5.56 Å². The fourth-order valence-electron chi connectivity index (χ4n) is 3.43. The number of nitrogens with one attached hydrogen (secondary N) is 1. The van der Waals surface area contributed by atoms with Gasteiger partial charge in [0, 0.05) is 29.6 Å². The highest BCUT2D eigenvalue weighted by Gasteiger charge is 2.28. The summed E-state index contributed by atoms with van der Waals surface area (Å²) in [6, 6.07) is 9.67. The van der Waals surface area contributed by atoms with Crippen LogP contribution < -0.4 is 5.56 Å². The third kappa shape index (κ3) is 3.23. The summed E-state index contributed by atoms with van der Waals surface area (Å²) in [5.74, 6) is 0.784. The first-order valence-electron chi connectivity index (χ1n) is 7.86. The van der Waals surface area contributed by atoms with E-state index in [1.54, 1.807) is 6.07 Å². The van der Waals surface area contributed by atoms with Gasteiger partial charge in [-0.2, -0.15) is 0 Å². The van der Waals surface area contributed by atoms with E-state index in [0.717, 1.165) is 11.4 Å². The molecular formula is C18H22N2O. The molecule has 21 heavy (non-hydrogen) atoms. The van der Waals surface area contributed by atoms with Crippen LogP contribution in [0.4, 0.5) is 0 Å². The number of H-pyrrole nitrogens is 1. The summed E-state index contributed by atoms with van der Waals surface area (Å²) in [6.45, 7) is 2.05. The Hall–Kier alpha value is -1.90. The average Bonchev–Trinajstić information content (AvgIpc) is 2.51. The smallest absolute Gasteiger partial charge is 0.248 e. The van der Waals surface area contributed by atoms with Gasteiger partial charge >= 0.3 is 0 Å². The number of aromatic nitrogens is 2. The van der Waals surface area contributed by atoms with Crippen molar-refractivity contribution in [1.82, 2.24) is 9.97 Å². The van der Waals surface area contributed by atoms with Crippen molar-refractivity contribution in [2.75, 3.05) is 0 Å². The second-order valence-corrected chi connectivity index (χ2v) is 6.11. The maximum absolute atomic E-state index is 11.7. The second kappa shape index (κ2) is 6.25. The molecule has 2 aromatic rings. The maximum atomic E-state index is 11.7. The highest BCUT2D eigenvalue weighted by atomic mass is 16.1. The number of aryl methyl sites for hydroxylation is 1. The van der Waals surface area contributed by atoms with Crippen molar-refractivity contribution in [2.45, 2.75) is 44.9 Å². The van der Waals surface area contributed by atoms with Gasteiger partial charge in [0.25, 0.3) is 0 Å². The van der Waals surface area contributed by atoms with Gasteiger partial charge in [0.1, 0.15) is 0 Å². The lowest BCUT2D eigenvalue weighted by Crippen LogP contribution is -2.21.